The van der Waals surface area contributed by atoms with Gasteiger partial charge in [0.05, 0.1) is 5.56 Å². The summed E-state index contributed by atoms with van der Waals surface area (Å²) >= 11 is 0. The largest absolute Gasteiger partial charge is 0.444 e. The average Bonchev–Trinajstić information content (AvgIpc) is 2.52. The lowest BCUT2D eigenvalue weighted by Crippen LogP contribution is -2.58. The molecule has 5 nitrogen and oxygen atoms in total. The van der Waals surface area contributed by atoms with E-state index in [0.717, 1.165) is 12.1 Å². The molecular formula is C17H21F3N2O3. The van der Waals surface area contributed by atoms with Gasteiger partial charge in [-0.1, -0.05) is 18.2 Å². The third kappa shape index (κ3) is 4.72. The first-order valence-electron chi connectivity index (χ1n) is 7.91. The van der Waals surface area contributed by atoms with Crippen molar-refractivity contribution in [2.75, 3.05) is 19.6 Å². The molecule has 1 unspecified atom stereocenters. The highest BCUT2D eigenvalue weighted by Crippen LogP contribution is 2.33. The summed E-state index contributed by atoms with van der Waals surface area (Å²) in [5.74, 6) is -0.758. The van der Waals surface area contributed by atoms with E-state index in [2.05, 4.69) is 5.32 Å². The normalized spacial score (nSPS) is 18.8. The Hall–Kier alpha value is -2.09. The van der Waals surface area contributed by atoms with Crippen LogP contribution in [0.25, 0.3) is 0 Å². The Morgan fingerprint density at radius 3 is 2.44 bits per heavy atom. The molecule has 1 atom stereocenters. The van der Waals surface area contributed by atoms with Crippen LogP contribution in [0.15, 0.2) is 24.3 Å². The number of carbonyl (C=O) groups is 2. The fourth-order valence-corrected chi connectivity index (χ4v) is 2.60. The number of ether oxygens (including phenoxy) is 1. The van der Waals surface area contributed by atoms with Crippen LogP contribution in [0.3, 0.4) is 0 Å². The smallest absolute Gasteiger partial charge is 0.417 e. The zero-order valence-electron chi connectivity index (χ0n) is 14.3. The minimum atomic E-state index is -4.65. The second-order valence-electron chi connectivity index (χ2n) is 6.80. The first-order valence-corrected chi connectivity index (χ1v) is 7.91. The molecule has 0 aromatic heterocycles. The zero-order chi connectivity index (χ0) is 18.8. The molecule has 0 bridgehead atoms. The summed E-state index contributed by atoms with van der Waals surface area (Å²) in [6.45, 7) is 5.74. The molecule has 8 heteroatoms. The molecule has 0 aliphatic carbocycles. The fraction of sp³-hybridized carbons (Fsp3) is 0.529. The highest BCUT2D eigenvalue weighted by Gasteiger charge is 2.40. The number of halogens is 3. The molecule has 0 spiro atoms. The van der Waals surface area contributed by atoms with Crippen LogP contribution in [0.5, 0.6) is 0 Å². The molecule has 1 amide bonds. The SMILES string of the molecule is CC(C)(C)OC(=O)N1CCNCC1C(=O)c1ccccc1C(F)(F)F. The molecule has 1 fully saturated rings. The number of piperazine rings is 1. The molecule has 138 valence electrons. The summed E-state index contributed by atoms with van der Waals surface area (Å²) in [6, 6.07) is 3.54. The van der Waals surface area contributed by atoms with Gasteiger partial charge in [-0.05, 0) is 26.8 Å². The van der Waals surface area contributed by atoms with Crippen molar-refractivity contribution in [1.82, 2.24) is 10.2 Å². The monoisotopic (exact) mass is 358 g/mol. The van der Waals surface area contributed by atoms with Gasteiger partial charge >= 0.3 is 12.3 Å². The highest BCUT2D eigenvalue weighted by molar-refractivity contribution is 6.03. The number of carbonyl (C=O) groups excluding carboxylic acids is 2. The molecule has 0 radical (unpaired) electrons. The van der Waals surface area contributed by atoms with Crippen molar-refractivity contribution in [2.45, 2.75) is 38.6 Å². The molecule has 1 aromatic rings. The Bertz CT molecular complexity index is 653. The van der Waals surface area contributed by atoms with E-state index < -0.39 is 40.8 Å². The Balaban J connectivity index is 2.32. The van der Waals surface area contributed by atoms with E-state index >= 15 is 0 Å². The topological polar surface area (TPSA) is 58.6 Å². The quantitative estimate of drug-likeness (QED) is 0.826. The summed E-state index contributed by atoms with van der Waals surface area (Å²) in [5.41, 5.74) is -2.22. The molecule has 1 aliphatic heterocycles. The lowest BCUT2D eigenvalue weighted by Gasteiger charge is -2.36. The van der Waals surface area contributed by atoms with Gasteiger partial charge < -0.3 is 10.1 Å². The van der Waals surface area contributed by atoms with Crippen LogP contribution in [0, 0.1) is 0 Å². The number of hydrogen-bond acceptors (Lipinski definition) is 4. The van der Waals surface area contributed by atoms with Gasteiger partial charge in [-0.25, -0.2) is 4.79 Å². The molecule has 1 N–H and O–H groups in total. The number of benzene rings is 1. The molecule has 0 saturated carbocycles. The summed E-state index contributed by atoms with van der Waals surface area (Å²) in [5, 5.41) is 2.94. The van der Waals surface area contributed by atoms with Gasteiger partial charge in [-0.15, -0.1) is 0 Å². The Labute approximate surface area is 144 Å². The van der Waals surface area contributed by atoms with E-state index in [-0.39, 0.29) is 13.1 Å². The predicted octanol–water partition coefficient (Wildman–Crippen LogP) is 3.10. The number of rotatable bonds is 2. The Morgan fingerprint density at radius 2 is 1.84 bits per heavy atom. The van der Waals surface area contributed by atoms with Crippen molar-refractivity contribution in [3.05, 3.63) is 35.4 Å². The summed E-state index contributed by atoms with van der Waals surface area (Å²) < 4.78 is 44.8. The second kappa shape index (κ2) is 7.03. The number of nitrogens with one attached hydrogen (secondary N) is 1. The van der Waals surface area contributed by atoms with Crippen LogP contribution in [-0.4, -0.2) is 48.1 Å². The maximum atomic E-state index is 13.2. The van der Waals surface area contributed by atoms with Crippen LogP contribution in [0.2, 0.25) is 0 Å². The number of nitrogens with zero attached hydrogens (tertiary/aromatic N) is 1. The third-order valence-corrected chi connectivity index (χ3v) is 3.67. The van der Waals surface area contributed by atoms with Gasteiger partial charge in [-0.3, -0.25) is 9.69 Å². The number of amides is 1. The van der Waals surface area contributed by atoms with Gasteiger partial charge in [0.2, 0.25) is 0 Å². The maximum Gasteiger partial charge on any atom is 0.417 e. The number of ketones is 1. The molecular weight excluding hydrogens is 337 g/mol. The Kier molecular flexibility index (Phi) is 5.41. The van der Waals surface area contributed by atoms with E-state index in [1.165, 1.54) is 17.0 Å². The van der Waals surface area contributed by atoms with Crippen molar-refractivity contribution in [2.24, 2.45) is 0 Å². The molecule has 25 heavy (non-hydrogen) atoms. The van der Waals surface area contributed by atoms with Gasteiger partial charge in [-0.2, -0.15) is 13.2 Å². The van der Waals surface area contributed by atoms with Gasteiger partial charge in [0, 0.05) is 25.2 Å². The number of Topliss-reactive ketones (excluding diaryl/α,β-unsaturated/α-hetero) is 1. The van der Waals surface area contributed by atoms with E-state index in [9.17, 15) is 22.8 Å². The lowest BCUT2D eigenvalue weighted by atomic mass is 9.96. The molecule has 1 aliphatic rings. The van der Waals surface area contributed by atoms with Gasteiger partial charge in [0.1, 0.15) is 11.6 Å². The predicted molar refractivity (Wildman–Crippen MR) is 85.4 cm³/mol. The van der Waals surface area contributed by atoms with Crippen LogP contribution in [0.1, 0.15) is 36.7 Å². The highest BCUT2D eigenvalue weighted by atomic mass is 19.4. The maximum absolute atomic E-state index is 13.2. The van der Waals surface area contributed by atoms with Crippen LogP contribution >= 0.6 is 0 Å². The molecule has 1 heterocycles. The van der Waals surface area contributed by atoms with Crippen molar-refractivity contribution >= 4 is 11.9 Å². The third-order valence-electron chi connectivity index (χ3n) is 3.67. The van der Waals surface area contributed by atoms with E-state index in [4.69, 9.17) is 4.74 Å². The van der Waals surface area contributed by atoms with Crippen LogP contribution in [-0.2, 0) is 10.9 Å². The molecule has 1 aromatic carbocycles. The average molecular weight is 358 g/mol. The zero-order valence-corrected chi connectivity index (χ0v) is 14.3. The minimum Gasteiger partial charge on any atom is -0.444 e. The van der Waals surface area contributed by atoms with Crippen molar-refractivity contribution in [3.63, 3.8) is 0 Å². The van der Waals surface area contributed by atoms with Crippen molar-refractivity contribution in [1.29, 1.82) is 0 Å². The van der Waals surface area contributed by atoms with Gasteiger partial charge in [0.25, 0.3) is 0 Å². The fourth-order valence-electron chi connectivity index (χ4n) is 2.60. The van der Waals surface area contributed by atoms with E-state index in [1.54, 1.807) is 20.8 Å². The van der Waals surface area contributed by atoms with Crippen molar-refractivity contribution in [3.8, 4) is 0 Å². The molecule has 1 saturated heterocycles. The summed E-state index contributed by atoms with van der Waals surface area (Å²) in [4.78, 5) is 26.3. The number of hydrogen-bond donors (Lipinski definition) is 1. The first kappa shape index (κ1) is 19.2. The minimum absolute atomic E-state index is 0.0737. The standard InChI is InChI=1S/C17H21F3N2O3/c1-16(2,3)25-15(24)22-9-8-21-10-13(22)14(23)11-6-4-5-7-12(11)17(18,19)20/h4-7,13,21H,8-10H2,1-3H3. The second-order valence-corrected chi connectivity index (χ2v) is 6.80. The van der Waals surface area contributed by atoms with Gasteiger partial charge in [0.15, 0.2) is 5.78 Å². The first-order chi connectivity index (χ1) is 11.5. The van der Waals surface area contributed by atoms with Crippen LogP contribution < -0.4 is 5.32 Å². The molecule has 2 rings (SSSR count). The number of alkyl halides is 3. The van der Waals surface area contributed by atoms with Crippen molar-refractivity contribution < 1.29 is 27.5 Å². The lowest BCUT2D eigenvalue weighted by molar-refractivity contribution is -0.137. The van der Waals surface area contributed by atoms with E-state index in [0.29, 0.717) is 6.54 Å². The summed E-state index contributed by atoms with van der Waals surface area (Å²) in [7, 11) is 0. The van der Waals surface area contributed by atoms with E-state index in [1.807, 2.05) is 0 Å². The van der Waals surface area contributed by atoms with Crippen LogP contribution in [0.4, 0.5) is 18.0 Å². The Morgan fingerprint density at radius 1 is 1.20 bits per heavy atom. The summed E-state index contributed by atoms with van der Waals surface area (Å²) in [6.07, 6.45) is -5.36.